The number of aliphatic hydroxyl groups excluding tert-OH is 1. The highest BCUT2D eigenvalue weighted by molar-refractivity contribution is 6.77. The highest BCUT2D eigenvalue weighted by atomic mass is 28.3. The number of esters is 1. The Morgan fingerprint density at radius 1 is 1.55 bits per heavy atom. The lowest BCUT2D eigenvalue weighted by Gasteiger charge is -2.25. The molecule has 0 saturated carbocycles. The fourth-order valence-corrected chi connectivity index (χ4v) is 3.06. The smallest absolute Gasteiger partial charge is 0.308 e. The molecule has 64 valence electrons. The van der Waals surface area contributed by atoms with E-state index in [4.69, 9.17) is 4.74 Å². The summed E-state index contributed by atoms with van der Waals surface area (Å²) in [6.45, 7) is 6.25. The van der Waals surface area contributed by atoms with Gasteiger partial charge in [-0.1, -0.05) is 19.6 Å². The molecule has 2 atom stereocenters. The topological polar surface area (TPSA) is 46.5 Å². The zero-order valence-electron chi connectivity index (χ0n) is 7.13. The largest absolute Gasteiger partial charge is 0.463 e. The molecule has 0 aliphatic carbocycles. The van der Waals surface area contributed by atoms with Gasteiger partial charge in [-0.2, -0.15) is 0 Å². The van der Waals surface area contributed by atoms with E-state index in [9.17, 15) is 9.90 Å². The van der Waals surface area contributed by atoms with Gasteiger partial charge in [0.2, 0.25) is 0 Å². The van der Waals surface area contributed by atoms with Crippen LogP contribution in [0, 0.1) is 0 Å². The number of aliphatic hydroxyl groups is 1. The van der Waals surface area contributed by atoms with Gasteiger partial charge in [0, 0.05) is 0 Å². The van der Waals surface area contributed by atoms with Crippen molar-refractivity contribution in [1.29, 1.82) is 0 Å². The van der Waals surface area contributed by atoms with E-state index in [0.717, 1.165) is 0 Å². The third-order valence-corrected chi connectivity index (χ3v) is 4.05. The van der Waals surface area contributed by atoms with E-state index in [-0.39, 0.29) is 18.1 Å². The van der Waals surface area contributed by atoms with Gasteiger partial charge in [-0.05, 0) is 0 Å². The second kappa shape index (κ2) is 2.60. The summed E-state index contributed by atoms with van der Waals surface area (Å²) in [6, 6.07) is 0. The maximum Gasteiger partial charge on any atom is 0.308 e. The molecule has 3 nitrogen and oxygen atoms in total. The Morgan fingerprint density at radius 2 is 2.09 bits per heavy atom. The van der Waals surface area contributed by atoms with Crippen molar-refractivity contribution in [3.63, 3.8) is 0 Å². The summed E-state index contributed by atoms with van der Waals surface area (Å²) in [5, 5.41) is 9.38. The molecule has 0 unspecified atom stereocenters. The van der Waals surface area contributed by atoms with Gasteiger partial charge in [0.25, 0.3) is 0 Å². The second-order valence-corrected chi connectivity index (χ2v) is 9.35. The summed E-state index contributed by atoms with van der Waals surface area (Å²) in [4.78, 5) is 10.8. The SMILES string of the molecule is C[Si](C)(C)[C@H]1OC(=O)C[C@H]1O. The molecular weight excluding hydrogens is 160 g/mol. The molecule has 4 heteroatoms. The van der Waals surface area contributed by atoms with E-state index >= 15 is 0 Å². The molecular formula is C7H14O3Si. The van der Waals surface area contributed by atoms with Gasteiger partial charge in [-0.25, -0.2) is 0 Å². The number of rotatable bonds is 1. The lowest BCUT2D eigenvalue weighted by atomic mass is 10.3. The first-order valence-corrected chi connectivity index (χ1v) is 7.36. The van der Waals surface area contributed by atoms with E-state index in [0.29, 0.717) is 0 Å². The Kier molecular flexibility index (Phi) is 2.07. The molecule has 1 aliphatic rings. The van der Waals surface area contributed by atoms with Crippen molar-refractivity contribution in [2.75, 3.05) is 0 Å². The Balaban J connectivity index is 2.67. The summed E-state index contributed by atoms with van der Waals surface area (Å²) < 4.78 is 5.01. The predicted octanol–water partition coefficient (Wildman–Crippen LogP) is 0.540. The lowest BCUT2D eigenvalue weighted by Crippen LogP contribution is -2.44. The minimum Gasteiger partial charge on any atom is -0.463 e. The van der Waals surface area contributed by atoms with Crippen LogP contribution in [0.2, 0.25) is 19.6 Å². The summed E-state index contributed by atoms with van der Waals surface area (Å²) >= 11 is 0. The lowest BCUT2D eigenvalue weighted by molar-refractivity contribution is -0.139. The van der Waals surface area contributed by atoms with E-state index in [1.807, 2.05) is 0 Å². The summed E-state index contributed by atoms with van der Waals surface area (Å²) in [7, 11) is -1.52. The molecule has 0 radical (unpaired) electrons. The molecule has 1 aliphatic heterocycles. The molecule has 11 heavy (non-hydrogen) atoms. The Morgan fingerprint density at radius 3 is 2.27 bits per heavy atom. The van der Waals surface area contributed by atoms with Crippen molar-refractivity contribution in [2.24, 2.45) is 0 Å². The Labute approximate surface area is 67.4 Å². The van der Waals surface area contributed by atoms with Crippen LogP contribution in [0.1, 0.15) is 6.42 Å². The van der Waals surface area contributed by atoms with Gasteiger partial charge < -0.3 is 9.84 Å². The quantitative estimate of drug-likeness (QED) is 0.466. The van der Waals surface area contributed by atoms with E-state index in [2.05, 4.69) is 19.6 Å². The van der Waals surface area contributed by atoms with Gasteiger partial charge in [-0.3, -0.25) is 4.79 Å². The number of hydrogen-bond donors (Lipinski definition) is 1. The fourth-order valence-electron chi connectivity index (χ4n) is 1.30. The van der Waals surface area contributed by atoms with Crippen LogP contribution in [-0.2, 0) is 9.53 Å². The number of cyclic esters (lactones) is 1. The molecule has 1 saturated heterocycles. The predicted molar refractivity (Wildman–Crippen MR) is 43.8 cm³/mol. The van der Waals surface area contributed by atoms with Gasteiger partial charge >= 0.3 is 5.97 Å². The third-order valence-electron chi connectivity index (χ3n) is 1.84. The van der Waals surface area contributed by atoms with Crippen molar-refractivity contribution < 1.29 is 14.6 Å². The van der Waals surface area contributed by atoms with Crippen molar-refractivity contribution in [3.8, 4) is 0 Å². The van der Waals surface area contributed by atoms with Crippen LogP contribution in [0.25, 0.3) is 0 Å². The Hall–Kier alpha value is -0.353. The minimum atomic E-state index is -1.52. The Bertz CT molecular complexity index is 173. The molecule has 1 fully saturated rings. The van der Waals surface area contributed by atoms with Gasteiger partial charge in [-0.15, -0.1) is 0 Å². The molecule has 1 N–H and O–H groups in total. The van der Waals surface area contributed by atoms with Crippen LogP contribution in [0.3, 0.4) is 0 Å². The maximum atomic E-state index is 10.8. The maximum absolute atomic E-state index is 10.8. The van der Waals surface area contributed by atoms with Gasteiger partial charge in [0.15, 0.2) is 0 Å². The normalized spacial score (nSPS) is 32.2. The molecule has 0 amide bonds. The van der Waals surface area contributed by atoms with E-state index in [1.54, 1.807) is 0 Å². The highest BCUT2D eigenvalue weighted by Crippen LogP contribution is 2.23. The molecule has 0 bridgehead atoms. The standard InChI is InChI=1S/C7H14O3Si/c1-11(2,3)7-5(8)4-6(9)10-7/h5,7-8H,4H2,1-3H3/t5-,7-/m1/s1. The molecule has 0 aromatic heterocycles. The molecule has 0 aromatic rings. The summed E-state index contributed by atoms with van der Waals surface area (Å²) in [6.07, 6.45) is -0.385. The van der Waals surface area contributed by atoms with Crippen molar-refractivity contribution in [1.82, 2.24) is 0 Å². The number of carbonyl (C=O) groups is 1. The molecule has 0 spiro atoms. The van der Waals surface area contributed by atoms with Crippen LogP contribution in [0.15, 0.2) is 0 Å². The molecule has 0 aromatic carbocycles. The van der Waals surface area contributed by atoms with E-state index in [1.165, 1.54) is 0 Å². The zero-order chi connectivity index (χ0) is 8.65. The van der Waals surface area contributed by atoms with Crippen molar-refractivity contribution >= 4 is 14.0 Å². The number of ether oxygens (including phenoxy) is 1. The van der Waals surface area contributed by atoms with Crippen LogP contribution < -0.4 is 0 Å². The average molecular weight is 174 g/mol. The number of carbonyl (C=O) groups excluding carboxylic acids is 1. The highest BCUT2D eigenvalue weighted by Gasteiger charge is 2.42. The van der Waals surface area contributed by atoms with Gasteiger partial charge in [0.05, 0.1) is 20.6 Å². The van der Waals surface area contributed by atoms with Crippen molar-refractivity contribution in [2.45, 2.75) is 37.9 Å². The van der Waals surface area contributed by atoms with Crippen LogP contribution in [0.5, 0.6) is 0 Å². The third kappa shape index (κ3) is 1.81. The summed E-state index contributed by atoms with van der Waals surface area (Å²) in [5.74, 6) is -0.259. The molecule has 1 rings (SSSR count). The fraction of sp³-hybridized carbons (Fsp3) is 0.857. The van der Waals surface area contributed by atoms with E-state index < -0.39 is 14.2 Å². The van der Waals surface area contributed by atoms with Gasteiger partial charge in [0.1, 0.15) is 5.73 Å². The minimum absolute atomic E-state index is 0.176. The average Bonchev–Trinajstić information content (AvgIpc) is 2.08. The first-order chi connectivity index (χ1) is 4.91. The molecule has 1 heterocycles. The monoisotopic (exact) mass is 174 g/mol. The first-order valence-electron chi connectivity index (χ1n) is 3.79. The van der Waals surface area contributed by atoms with Crippen LogP contribution in [0.4, 0.5) is 0 Å². The van der Waals surface area contributed by atoms with Crippen molar-refractivity contribution in [3.05, 3.63) is 0 Å². The zero-order valence-corrected chi connectivity index (χ0v) is 8.13. The summed E-state index contributed by atoms with van der Waals surface area (Å²) in [5.41, 5.74) is -0.199. The van der Waals surface area contributed by atoms with Crippen LogP contribution >= 0.6 is 0 Å². The van der Waals surface area contributed by atoms with Crippen LogP contribution in [-0.4, -0.2) is 31.0 Å². The number of hydrogen-bond acceptors (Lipinski definition) is 3. The first kappa shape index (κ1) is 8.74. The second-order valence-electron chi connectivity index (χ2n) is 4.05.